The fraction of sp³-hybridized carbons (Fsp3) is 0.615. The zero-order valence-corrected chi connectivity index (χ0v) is 14.0. The average Bonchev–Trinajstić information content (AvgIpc) is 2.44. The average molecular weight is 316 g/mol. The zero-order chi connectivity index (χ0) is 15.1. The molecule has 0 aliphatic carbocycles. The lowest BCUT2D eigenvalue weighted by molar-refractivity contribution is 0.323. The number of hydrogen-bond acceptors (Lipinski definition) is 7. The van der Waals surface area contributed by atoms with Gasteiger partial charge in [-0.3, -0.25) is 0 Å². The maximum Gasteiger partial charge on any atom is 0.220 e. The molecule has 1 aromatic heterocycles. The molecule has 0 N–H and O–H groups in total. The first-order valence-electron chi connectivity index (χ1n) is 6.32. The van der Waals surface area contributed by atoms with E-state index < -0.39 is 0 Å². The Balaban J connectivity index is 2.95. The van der Waals surface area contributed by atoms with E-state index in [9.17, 15) is 0 Å². The van der Waals surface area contributed by atoms with Gasteiger partial charge in [0.1, 0.15) is 0 Å². The predicted octanol–water partition coefficient (Wildman–Crippen LogP) is 2.97. The largest absolute Gasteiger partial charge is 0.486 e. The number of ether oxygens (including phenoxy) is 3. The van der Waals surface area contributed by atoms with Gasteiger partial charge in [-0.15, -0.1) is 0 Å². The van der Waals surface area contributed by atoms with E-state index in [1.807, 2.05) is 6.92 Å². The van der Waals surface area contributed by atoms with E-state index in [1.54, 1.807) is 20.3 Å². The summed E-state index contributed by atoms with van der Waals surface area (Å²) in [5.74, 6) is 1.23. The Kier molecular flexibility index (Phi) is 7.01. The third kappa shape index (κ3) is 4.79. The first-order valence-corrected chi connectivity index (χ1v) is 7.60. The number of thioether (sulfide) groups is 1. The van der Waals surface area contributed by atoms with Crippen molar-refractivity contribution >= 4 is 29.0 Å². The fourth-order valence-corrected chi connectivity index (χ4v) is 2.92. The summed E-state index contributed by atoms with van der Waals surface area (Å²) in [7, 11) is 3.11. The predicted molar refractivity (Wildman–Crippen MR) is 83.8 cm³/mol. The maximum atomic E-state index is 5.44. The Hall–Kier alpha value is -1.08. The van der Waals surface area contributed by atoms with Gasteiger partial charge in [-0.2, -0.15) is 9.97 Å². The van der Waals surface area contributed by atoms with Gasteiger partial charge in [0.05, 0.1) is 32.1 Å². The van der Waals surface area contributed by atoms with Gasteiger partial charge in [0.25, 0.3) is 0 Å². The smallest absolute Gasteiger partial charge is 0.220 e. The second-order valence-electron chi connectivity index (χ2n) is 4.27. The molecule has 1 aromatic rings. The third-order valence-electron chi connectivity index (χ3n) is 2.43. The van der Waals surface area contributed by atoms with Crippen molar-refractivity contribution in [2.75, 3.05) is 20.8 Å². The first-order chi connectivity index (χ1) is 9.51. The molecule has 1 atom stereocenters. The molecule has 7 heteroatoms. The monoisotopic (exact) mass is 316 g/mol. The van der Waals surface area contributed by atoms with Gasteiger partial charge in [-0.25, -0.2) is 0 Å². The Morgan fingerprint density at radius 2 is 1.80 bits per heavy atom. The van der Waals surface area contributed by atoms with Crippen LogP contribution in [0.1, 0.15) is 20.8 Å². The summed E-state index contributed by atoms with van der Waals surface area (Å²) in [6, 6.07) is 1.63. The van der Waals surface area contributed by atoms with E-state index in [2.05, 4.69) is 23.8 Å². The van der Waals surface area contributed by atoms with Gasteiger partial charge in [0, 0.05) is 0 Å². The Labute approximate surface area is 129 Å². The minimum atomic E-state index is 0.00163. The molecule has 0 fully saturated rings. The minimum absolute atomic E-state index is 0.00163. The maximum absolute atomic E-state index is 5.44. The summed E-state index contributed by atoms with van der Waals surface area (Å²) >= 11 is 6.77. The molecule has 0 amide bonds. The van der Waals surface area contributed by atoms with E-state index in [1.165, 1.54) is 11.8 Å². The number of methoxy groups -OCH3 is 2. The van der Waals surface area contributed by atoms with Gasteiger partial charge in [0.2, 0.25) is 11.8 Å². The Morgan fingerprint density at radius 1 is 1.25 bits per heavy atom. The molecule has 0 aliphatic heterocycles. The Morgan fingerprint density at radius 3 is 2.20 bits per heavy atom. The highest BCUT2D eigenvalue weighted by Gasteiger charge is 2.23. The van der Waals surface area contributed by atoms with Crippen LogP contribution in [0.5, 0.6) is 11.8 Å². The van der Waals surface area contributed by atoms with Gasteiger partial charge >= 0.3 is 0 Å². The summed E-state index contributed by atoms with van der Waals surface area (Å²) in [5.41, 5.74) is 0. The number of rotatable bonds is 7. The van der Waals surface area contributed by atoms with Gasteiger partial charge in [-0.1, -0.05) is 25.6 Å². The molecule has 0 bridgehead atoms. The van der Waals surface area contributed by atoms with Gasteiger partial charge in [0.15, 0.2) is 10.2 Å². The molecule has 0 radical (unpaired) electrons. The topological polar surface area (TPSA) is 53.5 Å². The van der Waals surface area contributed by atoms with Crippen molar-refractivity contribution in [3.8, 4) is 11.8 Å². The second kappa shape index (κ2) is 8.26. The standard InChI is InChI=1S/C13H20N2O3S2/c1-6-18-12(19)11(8(2)3)20-13-14-9(16-4)7-10(15-13)17-5/h7-8,11H,6H2,1-5H3. The van der Waals surface area contributed by atoms with Crippen LogP contribution >= 0.6 is 24.0 Å². The summed E-state index contributed by atoms with van der Waals surface area (Å²) in [6.07, 6.45) is 0. The molecule has 0 aromatic carbocycles. The summed E-state index contributed by atoms with van der Waals surface area (Å²) in [4.78, 5) is 8.60. The molecular formula is C13H20N2O3S2. The highest BCUT2D eigenvalue weighted by Crippen LogP contribution is 2.30. The molecule has 20 heavy (non-hydrogen) atoms. The second-order valence-corrected chi connectivity index (χ2v) is 5.78. The van der Waals surface area contributed by atoms with Gasteiger partial charge in [-0.05, 0) is 25.1 Å². The number of hydrogen-bond donors (Lipinski definition) is 0. The summed E-state index contributed by atoms with van der Waals surface area (Å²) in [5, 5.41) is 1.13. The highest BCUT2D eigenvalue weighted by atomic mass is 32.2. The van der Waals surface area contributed by atoms with Crippen LogP contribution in [0, 0.1) is 5.92 Å². The molecule has 1 heterocycles. The van der Waals surface area contributed by atoms with Crippen molar-refractivity contribution in [1.29, 1.82) is 0 Å². The highest BCUT2D eigenvalue weighted by molar-refractivity contribution is 8.01. The van der Waals surface area contributed by atoms with Crippen molar-refractivity contribution < 1.29 is 14.2 Å². The normalized spacial score (nSPS) is 12.1. The van der Waals surface area contributed by atoms with Crippen molar-refractivity contribution in [2.45, 2.75) is 31.2 Å². The summed E-state index contributed by atoms with van der Waals surface area (Å²) in [6.45, 7) is 6.64. The SMILES string of the molecule is CCOC(=S)C(Sc1nc(OC)cc(OC)n1)C(C)C. The minimum Gasteiger partial charge on any atom is -0.486 e. The van der Waals surface area contributed by atoms with E-state index in [0.29, 0.717) is 34.5 Å². The van der Waals surface area contributed by atoms with E-state index in [4.69, 9.17) is 26.4 Å². The molecule has 1 rings (SSSR count). The molecule has 0 aliphatic rings. The van der Waals surface area contributed by atoms with Crippen LogP contribution in [0.15, 0.2) is 11.2 Å². The fourth-order valence-electron chi connectivity index (χ4n) is 1.44. The lowest BCUT2D eigenvalue weighted by atomic mass is 10.1. The van der Waals surface area contributed by atoms with E-state index in [-0.39, 0.29) is 5.25 Å². The van der Waals surface area contributed by atoms with E-state index in [0.717, 1.165) is 0 Å². The lowest BCUT2D eigenvalue weighted by Crippen LogP contribution is -2.24. The lowest BCUT2D eigenvalue weighted by Gasteiger charge is -2.20. The molecular weight excluding hydrogens is 296 g/mol. The first kappa shape index (κ1) is 17.0. The van der Waals surface area contributed by atoms with Crippen LogP contribution < -0.4 is 9.47 Å². The third-order valence-corrected chi connectivity index (χ3v) is 4.36. The van der Waals surface area contributed by atoms with Crippen LogP contribution in [0.25, 0.3) is 0 Å². The van der Waals surface area contributed by atoms with Crippen molar-refractivity contribution in [2.24, 2.45) is 5.92 Å². The van der Waals surface area contributed by atoms with E-state index >= 15 is 0 Å². The molecule has 1 unspecified atom stereocenters. The molecule has 0 saturated heterocycles. The molecule has 0 saturated carbocycles. The summed E-state index contributed by atoms with van der Waals surface area (Å²) < 4.78 is 15.7. The van der Waals surface area contributed by atoms with Crippen LogP contribution in [0.3, 0.4) is 0 Å². The van der Waals surface area contributed by atoms with Gasteiger partial charge < -0.3 is 14.2 Å². The zero-order valence-electron chi connectivity index (χ0n) is 12.4. The van der Waals surface area contributed by atoms with Crippen LogP contribution in [0.2, 0.25) is 0 Å². The van der Waals surface area contributed by atoms with Crippen LogP contribution in [0.4, 0.5) is 0 Å². The number of thiocarbonyl (C=S) groups is 1. The molecule has 5 nitrogen and oxygen atoms in total. The van der Waals surface area contributed by atoms with Crippen molar-refractivity contribution in [3.63, 3.8) is 0 Å². The quantitative estimate of drug-likeness (QED) is 0.435. The Bertz CT molecular complexity index is 433. The van der Waals surface area contributed by atoms with Crippen molar-refractivity contribution in [1.82, 2.24) is 9.97 Å². The van der Waals surface area contributed by atoms with Crippen molar-refractivity contribution in [3.05, 3.63) is 6.07 Å². The number of aromatic nitrogens is 2. The van der Waals surface area contributed by atoms with Crippen LogP contribution in [-0.4, -0.2) is 41.1 Å². The number of nitrogens with zero attached hydrogens (tertiary/aromatic N) is 2. The molecule has 112 valence electrons. The van der Waals surface area contributed by atoms with Crippen LogP contribution in [-0.2, 0) is 4.74 Å². The molecule has 0 spiro atoms.